The van der Waals surface area contributed by atoms with E-state index in [1.165, 1.54) is 16.0 Å². The van der Waals surface area contributed by atoms with Crippen molar-refractivity contribution in [2.75, 3.05) is 25.4 Å². The summed E-state index contributed by atoms with van der Waals surface area (Å²) < 4.78 is 5.80. The van der Waals surface area contributed by atoms with Crippen LogP contribution in [0.4, 0.5) is 5.00 Å². The number of nitrogens with two attached hydrogens (primary N) is 1. The number of hydrogen-bond donors (Lipinski definition) is 1. The molecule has 0 saturated carbocycles. The molecule has 0 bridgehead atoms. The molecule has 3 rings (SSSR count). The fourth-order valence-electron chi connectivity index (χ4n) is 2.97. The van der Waals surface area contributed by atoms with E-state index in [9.17, 15) is 5.26 Å². The quantitative estimate of drug-likeness (QED) is 0.856. The summed E-state index contributed by atoms with van der Waals surface area (Å²) in [6.45, 7) is 5.69. The van der Waals surface area contributed by atoms with Crippen LogP contribution in [0.5, 0.6) is 5.75 Å². The van der Waals surface area contributed by atoms with Crippen LogP contribution in [0.1, 0.15) is 28.0 Å². The number of nitrogens with zero attached hydrogens (tertiary/aromatic N) is 2. The number of aryl methyl sites for hydroxylation is 1. The lowest BCUT2D eigenvalue weighted by Gasteiger charge is -2.26. The van der Waals surface area contributed by atoms with Crippen LogP contribution in [0.25, 0.3) is 0 Å². The van der Waals surface area contributed by atoms with Crippen molar-refractivity contribution in [1.82, 2.24) is 4.90 Å². The molecule has 2 heterocycles. The molecular weight excluding hydrogens is 306 g/mol. The highest BCUT2D eigenvalue weighted by atomic mass is 32.1. The van der Waals surface area contributed by atoms with Gasteiger partial charge in [0.1, 0.15) is 16.8 Å². The molecule has 2 N–H and O–H groups in total. The van der Waals surface area contributed by atoms with E-state index in [-0.39, 0.29) is 0 Å². The topological polar surface area (TPSA) is 62.3 Å². The Morgan fingerprint density at radius 1 is 1.43 bits per heavy atom. The van der Waals surface area contributed by atoms with E-state index in [2.05, 4.69) is 30.0 Å². The highest BCUT2D eigenvalue weighted by Gasteiger charge is 2.23. The lowest BCUT2D eigenvalue weighted by Crippen LogP contribution is -2.31. The standard InChI is InChI=1S/C18H21N3OS/c1-13-4-2-5-14(10-13)22-9-3-7-21-8-6-15-16(11-19)18(20)23-17(15)12-21/h2,4-5,10H,3,6-9,12,20H2,1H3. The van der Waals surface area contributed by atoms with Crippen LogP contribution >= 0.6 is 11.3 Å². The second kappa shape index (κ2) is 7.03. The van der Waals surface area contributed by atoms with E-state index < -0.39 is 0 Å². The minimum Gasteiger partial charge on any atom is -0.494 e. The van der Waals surface area contributed by atoms with Gasteiger partial charge in [0.25, 0.3) is 0 Å². The van der Waals surface area contributed by atoms with Gasteiger partial charge in [0.2, 0.25) is 0 Å². The molecule has 1 aliphatic rings. The monoisotopic (exact) mass is 327 g/mol. The number of anilines is 1. The number of hydrogen-bond acceptors (Lipinski definition) is 5. The second-order valence-electron chi connectivity index (χ2n) is 5.90. The Morgan fingerprint density at radius 3 is 3.09 bits per heavy atom. The average Bonchev–Trinajstić information content (AvgIpc) is 2.86. The number of thiophene rings is 1. The van der Waals surface area contributed by atoms with E-state index in [1.807, 2.05) is 12.1 Å². The Hall–Kier alpha value is -2.03. The predicted molar refractivity (Wildman–Crippen MR) is 93.7 cm³/mol. The Kier molecular flexibility index (Phi) is 4.85. The van der Waals surface area contributed by atoms with Crippen molar-refractivity contribution in [1.29, 1.82) is 5.26 Å². The van der Waals surface area contributed by atoms with E-state index in [0.29, 0.717) is 10.6 Å². The zero-order valence-corrected chi connectivity index (χ0v) is 14.2. The first-order valence-electron chi connectivity index (χ1n) is 7.89. The molecule has 23 heavy (non-hydrogen) atoms. The Bertz CT molecular complexity index is 732. The van der Waals surface area contributed by atoms with Crippen LogP contribution < -0.4 is 10.5 Å². The number of ether oxygens (including phenoxy) is 1. The summed E-state index contributed by atoms with van der Waals surface area (Å²) >= 11 is 1.57. The Morgan fingerprint density at radius 2 is 2.30 bits per heavy atom. The van der Waals surface area contributed by atoms with Crippen molar-refractivity contribution in [3.8, 4) is 11.8 Å². The van der Waals surface area contributed by atoms with Crippen molar-refractivity contribution >= 4 is 16.3 Å². The van der Waals surface area contributed by atoms with E-state index in [1.54, 1.807) is 11.3 Å². The van der Waals surface area contributed by atoms with Gasteiger partial charge in [0.05, 0.1) is 12.2 Å². The average molecular weight is 327 g/mol. The van der Waals surface area contributed by atoms with Gasteiger partial charge in [0.15, 0.2) is 0 Å². The van der Waals surface area contributed by atoms with Gasteiger partial charge in [-0.3, -0.25) is 4.90 Å². The van der Waals surface area contributed by atoms with Gasteiger partial charge in [-0.15, -0.1) is 11.3 Å². The second-order valence-corrected chi connectivity index (χ2v) is 7.04. The predicted octanol–water partition coefficient (Wildman–Crippen LogP) is 3.34. The third-order valence-electron chi connectivity index (χ3n) is 4.15. The summed E-state index contributed by atoms with van der Waals surface area (Å²) in [6.07, 6.45) is 1.92. The van der Waals surface area contributed by atoms with E-state index in [0.717, 1.165) is 44.8 Å². The number of fused-ring (bicyclic) bond motifs is 1. The van der Waals surface area contributed by atoms with Gasteiger partial charge < -0.3 is 10.5 Å². The minimum atomic E-state index is 0.669. The van der Waals surface area contributed by atoms with Gasteiger partial charge in [0, 0.05) is 24.5 Å². The highest BCUT2D eigenvalue weighted by molar-refractivity contribution is 7.16. The smallest absolute Gasteiger partial charge is 0.119 e. The van der Waals surface area contributed by atoms with Crippen molar-refractivity contribution in [3.05, 3.63) is 45.8 Å². The number of nitrogen functional groups attached to an aromatic ring is 1. The molecule has 0 aliphatic carbocycles. The van der Waals surface area contributed by atoms with Crippen LogP contribution in [-0.2, 0) is 13.0 Å². The van der Waals surface area contributed by atoms with Crippen molar-refractivity contribution in [2.45, 2.75) is 26.3 Å². The first-order valence-corrected chi connectivity index (χ1v) is 8.71. The lowest BCUT2D eigenvalue weighted by molar-refractivity contribution is 0.223. The van der Waals surface area contributed by atoms with E-state index in [4.69, 9.17) is 10.5 Å². The van der Waals surface area contributed by atoms with Crippen LogP contribution in [0.3, 0.4) is 0 Å². The van der Waals surface area contributed by atoms with Crippen molar-refractivity contribution in [3.63, 3.8) is 0 Å². The first kappa shape index (κ1) is 15.9. The van der Waals surface area contributed by atoms with E-state index >= 15 is 0 Å². The maximum atomic E-state index is 9.18. The van der Waals surface area contributed by atoms with Gasteiger partial charge in [-0.2, -0.15) is 5.26 Å². The number of nitriles is 1. The van der Waals surface area contributed by atoms with Gasteiger partial charge in [-0.1, -0.05) is 12.1 Å². The molecule has 2 aromatic rings. The maximum Gasteiger partial charge on any atom is 0.119 e. The fourth-order valence-corrected chi connectivity index (χ4v) is 4.09. The number of rotatable bonds is 5. The third kappa shape index (κ3) is 3.66. The molecule has 1 aromatic heterocycles. The Labute approximate surface area is 141 Å². The summed E-state index contributed by atoms with van der Waals surface area (Å²) in [6, 6.07) is 10.4. The van der Waals surface area contributed by atoms with Gasteiger partial charge >= 0.3 is 0 Å². The molecule has 0 radical (unpaired) electrons. The maximum absolute atomic E-state index is 9.18. The highest BCUT2D eigenvalue weighted by Crippen LogP contribution is 2.34. The summed E-state index contributed by atoms with van der Waals surface area (Å²) in [5.74, 6) is 0.940. The van der Waals surface area contributed by atoms with Crippen molar-refractivity contribution < 1.29 is 4.74 Å². The fraction of sp³-hybridized carbons (Fsp3) is 0.389. The summed E-state index contributed by atoms with van der Waals surface area (Å²) in [5.41, 5.74) is 9.02. The Balaban J connectivity index is 1.48. The molecule has 1 aliphatic heterocycles. The molecule has 120 valence electrons. The molecule has 4 nitrogen and oxygen atoms in total. The third-order valence-corrected chi connectivity index (χ3v) is 5.20. The lowest BCUT2D eigenvalue weighted by atomic mass is 10.0. The van der Waals surface area contributed by atoms with Crippen LogP contribution in [0, 0.1) is 18.3 Å². The summed E-state index contributed by atoms with van der Waals surface area (Å²) in [7, 11) is 0. The van der Waals surface area contributed by atoms with Crippen LogP contribution in [-0.4, -0.2) is 24.6 Å². The summed E-state index contributed by atoms with van der Waals surface area (Å²) in [4.78, 5) is 3.67. The van der Waals surface area contributed by atoms with Crippen molar-refractivity contribution in [2.24, 2.45) is 0 Å². The number of benzene rings is 1. The zero-order valence-electron chi connectivity index (χ0n) is 13.3. The summed E-state index contributed by atoms with van der Waals surface area (Å²) in [5, 5.41) is 9.85. The molecule has 5 heteroatoms. The van der Waals surface area contributed by atoms with Crippen LogP contribution in [0.15, 0.2) is 24.3 Å². The van der Waals surface area contributed by atoms with Crippen LogP contribution in [0.2, 0.25) is 0 Å². The SMILES string of the molecule is Cc1cccc(OCCCN2CCc3c(sc(N)c3C#N)C2)c1. The molecule has 0 fully saturated rings. The largest absolute Gasteiger partial charge is 0.494 e. The normalized spacial score (nSPS) is 14.3. The minimum absolute atomic E-state index is 0.669. The molecule has 1 aromatic carbocycles. The van der Waals surface area contributed by atoms with Gasteiger partial charge in [-0.05, 0) is 43.0 Å². The molecule has 0 spiro atoms. The van der Waals surface area contributed by atoms with Gasteiger partial charge in [-0.25, -0.2) is 0 Å². The first-order chi connectivity index (χ1) is 11.2. The molecule has 0 saturated heterocycles. The molecular formula is C18H21N3OS. The molecule has 0 atom stereocenters. The molecule has 0 amide bonds. The zero-order chi connectivity index (χ0) is 16.2. The molecule has 0 unspecified atom stereocenters.